The van der Waals surface area contributed by atoms with Crippen LogP contribution in [0.4, 0.5) is 5.69 Å². The molecular weight excluding hydrogens is 318 g/mol. The molecular formula is C16H13NO7. The van der Waals surface area contributed by atoms with Crippen LogP contribution in [0.25, 0.3) is 0 Å². The highest BCUT2D eigenvalue weighted by Crippen LogP contribution is 2.42. The molecule has 8 nitrogen and oxygen atoms in total. The summed E-state index contributed by atoms with van der Waals surface area (Å²) in [4.78, 5) is 22.7. The number of aromatic hydroxyl groups is 2. The van der Waals surface area contributed by atoms with Gasteiger partial charge in [-0.25, -0.2) is 0 Å². The van der Waals surface area contributed by atoms with Crippen molar-refractivity contribution in [3.8, 4) is 23.0 Å². The number of hydrogen-bond donors (Lipinski definition) is 2. The molecule has 1 aliphatic rings. The molecule has 1 aliphatic heterocycles. The number of methoxy groups -OCH3 is 1. The van der Waals surface area contributed by atoms with E-state index in [1.807, 2.05) is 0 Å². The summed E-state index contributed by atoms with van der Waals surface area (Å²) in [5.74, 6) is -0.735. The van der Waals surface area contributed by atoms with Crippen molar-refractivity contribution in [2.75, 3.05) is 7.11 Å². The van der Waals surface area contributed by atoms with Crippen LogP contribution in [0.5, 0.6) is 23.0 Å². The van der Waals surface area contributed by atoms with Gasteiger partial charge in [0.1, 0.15) is 23.2 Å². The zero-order valence-corrected chi connectivity index (χ0v) is 12.6. The number of carbonyl (C=O) groups is 1. The number of fused-ring (bicyclic) bond motifs is 1. The molecule has 3 rings (SSSR count). The summed E-state index contributed by atoms with van der Waals surface area (Å²) in [5, 5.41) is 30.5. The average molecular weight is 331 g/mol. The van der Waals surface area contributed by atoms with E-state index in [0.717, 1.165) is 12.1 Å². The number of Topliss-reactive ketones (excluding diaryl/α,β-unsaturated/α-hetero) is 1. The molecule has 2 aromatic carbocycles. The van der Waals surface area contributed by atoms with Gasteiger partial charge in [0, 0.05) is 6.07 Å². The molecule has 0 amide bonds. The molecule has 0 aromatic heterocycles. The molecule has 124 valence electrons. The average Bonchev–Trinajstić information content (AvgIpc) is 2.53. The number of rotatable bonds is 3. The predicted octanol–water partition coefficient (Wildman–Crippen LogP) is 2.72. The smallest absolute Gasteiger partial charge is 0.287 e. The summed E-state index contributed by atoms with van der Waals surface area (Å²) in [6.07, 6.45) is -0.854. The van der Waals surface area contributed by atoms with Crippen LogP contribution in [0.2, 0.25) is 0 Å². The van der Waals surface area contributed by atoms with Crippen molar-refractivity contribution in [3.05, 3.63) is 51.6 Å². The van der Waals surface area contributed by atoms with Gasteiger partial charge in [0.05, 0.1) is 24.5 Å². The summed E-state index contributed by atoms with van der Waals surface area (Å²) in [5.41, 5.74) is -0.142. The Labute approximate surface area is 136 Å². The van der Waals surface area contributed by atoms with Crippen molar-refractivity contribution in [2.45, 2.75) is 12.5 Å². The van der Waals surface area contributed by atoms with Gasteiger partial charge in [-0.15, -0.1) is 0 Å². The highest BCUT2D eigenvalue weighted by molar-refractivity contribution is 6.04. The Morgan fingerprint density at radius 1 is 1.29 bits per heavy atom. The predicted molar refractivity (Wildman–Crippen MR) is 81.7 cm³/mol. The lowest BCUT2D eigenvalue weighted by atomic mass is 9.95. The third-order valence-corrected chi connectivity index (χ3v) is 3.76. The second-order valence-corrected chi connectivity index (χ2v) is 5.26. The monoisotopic (exact) mass is 331 g/mol. The first-order valence-corrected chi connectivity index (χ1v) is 6.99. The van der Waals surface area contributed by atoms with Crippen LogP contribution in [0, 0.1) is 10.1 Å². The fourth-order valence-corrected chi connectivity index (χ4v) is 2.66. The maximum atomic E-state index is 12.4. The Morgan fingerprint density at radius 2 is 2.04 bits per heavy atom. The summed E-state index contributed by atoms with van der Waals surface area (Å²) in [6.45, 7) is 0. The van der Waals surface area contributed by atoms with Crippen LogP contribution >= 0.6 is 0 Å². The van der Waals surface area contributed by atoms with E-state index in [0.29, 0.717) is 5.56 Å². The van der Waals surface area contributed by atoms with Gasteiger partial charge in [0.15, 0.2) is 17.3 Å². The molecule has 0 unspecified atom stereocenters. The van der Waals surface area contributed by atoms with Crippen LogP contribution in [0.3, 0.4) is 0 Å². The Morgan fingerprint density at radius 3 is 2.67 bits per heavy atom. The van der Waals surface area contributed by atoms with Crippen LogP contribution in [0.15, 0.2) is 30.3 Å². The zero-order chi connectivity index (χ0) is 17.4. The van der Waals surface area contributed by atoms with Crippen LogP contribution in [-0.4, -0.2) is 28.0 Å². The first kappa shape index (κ1) is 15.6. The van der Waals surface area contributed by atoms with Crippen molar-refractivity contribution < 1.29 is 29.4 Å². The molecule has 2 aromatic rings. The molecule has 0 aliphatic carbocycles. The first-order valence-electron chi connectivity index (χ1n) is 6.99. The summed E-state index contributed by atoms with van der Waals surface area (Å²) in [6, 6.07) is 6.63. The molecule has 0 spiro atoms. The first-order chi connectivity index (χ1) is 11.4. The van der Waals surface area contributed by atoms with E-state index in [2.05, 4.69) is 0 Å². The molecule has 24 heavy (non-hydrogen) atoms. The van der Waals surface area contributed by atoms with Gasteiger partial charge >= 0.3 is 0 Å². The van der Waals surface area contributed by atoms with Gasteiger partial charge in [-0.3, -0.25) is 14.9 Å². The fourth-order valence-electron chi connectivity index (χ4n) is 2.66. The van der Waals surface area contributed by atoms with E-state index in [1.54, 1.807) is 6.07 Å². The number of benzene rings is 2. The summed E-state index contributed by atoms with van der Waals surface area (Å²) >= 11 is 0. The Kier molecular flexibility index (Phi) is 3.72. The van der Waals surface area contributed by atoms with Crippen LogP contribution in [0.1, 0.15) is 28.4 Å². The van der Waals surface area contributed by atoms with Crippen LogP contribution < -0.4 is 9.47 Å². The Balaban J connectivity index is 2.02. The van der Waals surface area contributed by atoms with Gasteiger partial charge in [-0.1, -0.05) is 6.07 Å². The lowest BCUT2D eigenvalue weighted by Gasteiger charge is -2.25. The zero-order valence-electron chi connectivity index (χ0n) is 12.6. The Bertz CT molecular complexity index is 847. The topological polar surface area (TPSA) is 119 Å². The summed E-state index contributed by atoms with van der Waals surface area (Å²) < 4.78 is 10.6. The molecule has 0 bridgehead atoms. The van der Waals surface area contributed by atoms with Crippen molar-refractivity contribution in [1.82, 2.24) is 0 Å². The maximum absolute atomic E-state index is 12.4. The second kappa shape index (κ2) is 5.73. The van der Waals surface area contributed by atoms with E-state index in [4.69, 9.17) is 9.47 Å². The van der Waals surface area contributed by atoms with Crippen molar-refractivity contribution in [3.63, 3.8) is 0 Å². The van der Waals surface area contributed by atoms with Gasteiger partial charge in [0.25, 0.3) is 5.69 Å². The lowest BCUT2D eigenvalue weighted by molar-refractivity contribution is -0.385. The number of phenols is 2. The minimum atomic E-state index is -0.737. The number of nitro groups is 1. The van der Waals surface area contributed by atoms with Gasteiger partial charge in [0.2, 0.25) is 0 Å². The number of carbonyl (C=O) groups excluding carboxylic acids is 1. The number of ether oxygens (including phenoxy) is 2. The molecule has 1 atom stereocenters. The largest absolute Gasteiger partial charge is 0.508 e. The molecule has 0 radical (unpaired) electrons. The molecule has 0 saturated heterocycles. The highest BCUT2D eigenvalue weighted by atomic mass is 16.6. The number of nitro benzene ring substituents is 1. The van der Waals surface area contributed by atoms with Crippen molar-refractivity contribution in [1.29, 1.82) is 0 Å². The van der Waals surface area contributed by atoms with Crippen LogP contribution in [-0.2, 0) is 0 Å². The SMILES string of the molecule is COc1ccc([C@@H]2CC(=O)c3c(cc(O)cc3[N+](=O)[O-])O2)cc1O. The fraction of sp³-hybridized carbons (Fsp3) is 0.188. The number of phenolic OH excluding ortho intramolecular Hbond substituents is 2. The van der Waals surface area contributed by atoms with E-state index in [-0.39, 0.29) is 35.0 Å². The highest BCUT2D eigenvalue weighted by Gasteiger charge is 2.35. The van der Waals surface area contributed by atoms with Gasteiger partial charge in [-0.05, 0) is 17.7 Å². The molecule has 8 heteroatoms. The number of nitrogens with zero attached hydrogens (tertiary/aromatic N) is 1. The van der Waals surface area contributed by atoms with E-state index < -0.39 is 22.5 Å². The number of ketones is 1. The maximum Gasteiger partial charge on any atom is 0.287 e. The van der Waals surface area contributed by atoms with E-state index >= 15 is 0 Å². The third-order valence-electron chi connectivity index (χ3n) is 3.76. The normalized spacial score (nSPS) is 16.2. The van der Waals surface area contributed by atoms with E-state index in [9.17, 15) is 25.1 Å². The van der Waals surface area contributed by atoms with Gasteiger partial charge in [-0.2, -0.15) is 0 Å². The number of hydrogen-bond acceptors (Lipinski definition) is 7. The minimum absolute atomic E-state index is 0.0572. The standard InChI is InChI=1S/C16H13NO7/c1-23-13-3-2-8(4-11(13)19)14-7-12(20)16-10(17(21)22)5-9(18)6-15(16)24-14/h2-6,14,18-19H,7H2,1H3/t14-/m0/s1. The van der Waals surface area contributed by atoms with Crippen molar-refractivity contribution >= 4 is 11.5 Å². The molecule has 0 saturated carbocycles. The Hall–Kier alpha value is -3.29. The minimum Gasteiger partial charge on any atom is -0.508 e. The summed E-state index contributed by atoms with van der Waals surface area (Å²) in [7, 11) is 1.41. The van der Waals surface area contributed by atoms with Gasteiger partial charge < -0.3 is 19.7 Å². The van der Waals surface area contributed by atoms with Crippen molar-refractivity contribution in [2.24, 2.45) is 0 Å². The molecule has 1 heterocycles. The second-order valence-electron chi connectivity index (χ2n) is 5.26. The molecule has 2 N–H and O–H groups in total. The lowest BCUT2D eigenvalue weighted by Crippen LogP contribution is -2.21. The van der Waals surface area contributed by atoms with E-state index in [1.165, 1.54) is 19.2 Å². The quantitative estimate of drug-likeness (QED) is 0.655. The third kappa shape index (κ3) is 2.58. The molecule has 0 fully saturated rings.